The molecule has 0 amide bonds. The van der Waals surface area contributed by atoms with Gasteiger partial charge in [0.05, 0.1) is 7.11 Å². The Hall–Kier alpha value is -1.26. The average molecular weight is 227 g/mol. The molecule has 0 aromatic carbocycles. The van der Waals surface area contributed by atoms with E-state index in [0.717, 1.165) is 19.0 Å². The van der Waals surface area contributed by atoms with Gasteiger partial charge in [-0.15, -0.1) is 0 Å². The maximum Gasteiger partial charge on any atom is 0.330 e. The summed E-state index contributed by atoms with van der Waals surface area (Å²) in [7, 11) is 5.37. The summed E-state index contributed by atoms with van der Waals surface area (Å²) >= 11 is 0. The first kappa shape index (κ1) is 12.8. The summed E-state index contributed by atoms with van der Waals surface area (Å²) in [5.41, 5.74) is 0. The van der Waals surface area contributed by atoms with E-state index in [4.69, 9.17) is 4.74 Å². The van der Waals surface area contributed by atoms with E-state index in [-0.39, 0.29) is 11.9 Å². The summed E-state index contributed by atoms with van der Waals surface area (Å²) in [6.45, 7) is 5.84. The van der Waals surface area contributed by atoms with Crippen molar-refractivity contribution in [1.29, 1.82) is 0 Å². The van der Waals surface area contributed by atoms with Crippen molar-refractivity contribution in [3.63, 3.8) is 0 Å². The minimum atomic E-state index is -0.414. The van der Waals surface area contributed by atoms with Gasteiger partial charge in [0.15, 0.2) is 12.0 Å². The first-order valence-electron chi connectivity index (χ1n) is 5.55. The molecule has 0 unspecified atom stereocenters. The summed E-state index contributed by atoms with van der Waals surface area (Å²) in [5, 5.41) is 0. The zero-order valence-corrected chi connectivity index (χ0v) is 10.7. The Morgan fingerprint density at radius 3 is 2.19 bits per heavy atom. The van der Waals surface area contributed by atoms with Crippen LogP contribution in [-0.2, 0) is 9.53 Å². The molecule has 16 heavy (non-hydrogen) atoms. The molecule has 0 aromatic rings. The molecule has 1 aliphatic heterocycles. The molecule has 1 rings (SSSR count). The van der Waals surface area contributed by atoms with Crippen molar-refractivity contribution in [2.24, 2.45) is 10.9 Å². The highest BCUT2D eigenvalue weighted by molar-refractivity contribution is 5.85. The van der Waals surface area contributed by atoms with Crippen LogP contribution in [-0.4, -0.2) is 62.1 Å². The molecule has 0 aromatic heterocycles. The fourth-order valence-electron chi connectivity index (χ4n) is 1.71. The number of ether oxygens (including phenoxy) is 1. The van der Waals surface area contributed by atoms with Crippen molar-refractivity contribution in [2.75, 3.05) is 34.3 Å². The highest BCUT2D eigenvalue weighted by atomic mass is 16.5. The number of guanidine groups is 1. The Morgan fingerprint density at radius 2 is 1.81 bits per heavy atom. The lowest BCUT2D eigenvalue weighted by Gasteiger charge is -2.20. The first-order chi connectivity index (χ1) is 7.47. The van der Waals surface area contributed by atoms with E-state index in [1.807, 2.05) is 27.9 Å². The van der Waals surface area contributed by atoms with Gasteiger partial charge in [-0.3, -0.25) is 0 Å². The van der Waals surface area contributed by atoms with Gasteiger partial charge < -0.3 is 14.5 Å². The fraction of sp³-hybridized carbons (Fsp3) is 0.818. The Labute approximate surface area is 97.1 Å². The predicted molar refractivity (Wildman–Crippen MR) is 63.3 cm³/mol. The van der Waals surface area contributed by atoms with Gasteiger partial charge in [-0.2, -0.15) is 0 Å². The third-order valence-corrected chi connectivity index (χ3v) is 2.78. The number of likely N-dealkylation sites (N-methyl/N-ethyl adjacent to an activating group) is 2. The summed E-state index contributed by atoms with van der Waals surface area (Å²) in [4.78, 5) is 20.2. The van der Waals surface area contributed by atoms with E-state index >= 15 is 0 Å². The predicted octanol–water partition coefficient (Wildman–Crippen LogP) is 0.417. The number of carbonyl (C=O) groups is 1. The van der Waals surface area contributed by atoms with Crippen LogP contribution in [0.15, 0.2) is 4.99 Å². The van der Waals surface area contributed by atoms with Gasteiger partial charge in [0, 0.05) is 27.2 Å². The van der Waals surface area contributed by atoms with Gasteiger partial charge in [-0.05, 0) is 5.92 Å². The minimum absolute atomic E-state index is 0.141. The molecule has 1 saturated heterocycles. The molecule has 1 atom stereocenters. The number of nitrogens with zero attached hydrogens (tertiary/aromatic N) is 3. The summed E-state index contributed by atoms with van der Waals surface area (Å²) < 4.78 is 4.77. The SMILES string of the molecule is COC(=O)[C@@H](N=C1N(C)CCN1C)C(C)C. The molecule has 0 spiro atoms. The highest BCUT2D eigenvalue weighted by Gasteiger charge is 2.27. The van der Waals surface area contributed by atoms with Gasteiger partial charge in [-0.25, -0.2) is 9.79 Å². The smallest absolute Gasteiger partial charge is 0.330 e. The van der Waals surface area contributed by atoms with Gasteiger partial charge in [0.2, 0.25) is 0 Å². The van der Waals surface area contributed by atoms with E-state index < -0.39 is 6.04 Å². The zero-order valence-electron chi connectivity index (χ0n) is 10.7. The molecule has 5 heteroatoms. The van der Waals surface area contributed by atoms with Gasteiger partial charge in [0.25, 0.3) is 0 Å². The molecule has 0 bridgehead atoms. The van der Waals surface area contributed by atoms with Crippen LogP contribution >= 0.6 is 0 Å². The van der Waals surface area contributed by atoms with Crippen LogP contribution in [0, 0.1) is 5.92 Å². The number of rotatable bonds is 3. The Bertz CT molecular complexity index is 277. The topological polar surface area (TPSA) is 45.1 Å². The molecule has 1 heterocycles. The van der Waals surface area contributed by atoms with Crippen LogP contribution < -0.4 is 0 Å². The largest absolute Gasteiger partial charge is 0.467 e. The molecule has 92 valence electrons. The van der Waals surface area contributed by atoms with E-state index in [2.05, 4.69) is 14.8 Å². The monoisotopic (exact) mass is 227 g/mol. The molecule has 5 nitrogen and oxygen atoms in total. The highest BCUT2D eigenvalue weighted by Crippen LogP contribution is 2.12. The van der Waals surface area contributed by atoms with Crippen LogP contribution in [0.3, 0.4) is 0 Å². The normalized spacial score (nSPS) is 18.0. The second kappa shape index (κ2) is 5.18. The van der Waals surface area contributed by atoms with Crippen molar-refractivity contribution in [3.05, 3.63) is 0 Å². The summed E-state index contributed by atoms with van der Waals surface area (Å²) in [6, 6.07) is -0.414. The molecule has 1 fully saturated rings. The number of hydrogen-bond acceptors (Lipinski definition) is 3. The fourth-order valence-corrected chi connectivity index (χ4v) is 1.71. The van der Waals surface area contributed by atoms with Gasteiger partial charge >= 0.3 is 5.97 Å². The van der Waals surface area contributed by atoms with Crippen molar-refractivity contribution < 1.29 is 9.53 Å². The van der Waals surface area contributed by atoms with E-state index in [9.17, 15) is 4.79 Å². The van der Waals surface area contributed by atoms with Crippen molar-refractivity contribution in [1.82, 2.24) is 9.80 Å². The van der Waals surface area contributed by atoms with Crippen LogP contribution in [0.25, 0.3) is 0 Å². The number of hydrogen-bond donors (Lipinski definition) is 0. The maximum atomic E-state index is 11.6. The lowest BCUT2D eigenvalue weighted by molar-refractivity contribution is -0.143. The Balaban J connectivity index is 2.88. The van der Waals surface area contributed by atoms with Crippen LogP contribution in [0.4, 0.5) is 0 Å². The molecule has 0 saturated carbocycles. The van der Waals surface area contributed by atoms with Gasteiger partial charge in [0.1, 0.15) is 0 Å². The maximum absolute atomic E-state index is 11.6. The van der Waals surface area contributed by atoms with E-state index in [1.165, 1.54) is 7.11 Å². The third kappa shape index (κ3) is 2.65. The molecule has 0 aliphatic carbocycles. The summed E-state index contributed by atoms with van der Waals surface area (Å²) in [6.07, 6.45) is 0. The zero-order chi connectivity index (χ0) is 12.3. The lowest BCUT2D eigenvalue weighted by Crippen LogP contribution is -2.34. The molecule has 0 radical (unpaired) electrons. The lowest BCUT2D eigenvalue weighted by atomic mass is 10.1. The number of carbonyl (C=O) groups excluding carboxylic acids is 1. The van der Waals surface area contributed by atoms with Crippen LogP contribution in [0.5, 0.6) is 0 Å². The molecular formula is C11H21N3O2. The summed E-state index contributed by atoms with van der Waals surface area (Å²) in [5.74, 6) is 0.739. The third-order valence-electron chi connectivity index (χ3n) is 2.78. The number of esters is 1. The standard InChI is InChI=1S/C11H21N3O2/c1-8(2)9(10(15)16-5)12-11-13(3)6-7-14(11)4/h8-9H,6-7H2,1-5H3/t9-/m0/s1. The van der Waals surface area contributed by atoms with Crippen molar-refractivity contribution >= 4 is 11.9 Å². The van der Waals surface area contributed by atoms with Crippen molar-refractivity contribution in [2.45, 2.75) is 19.9 Å². The molecule has 0 N–H and O–H groups in total. The second-order valence-corrected chi connectivity index (χ2v) is 4.48. The number of methoxy groups -OCH3 is 1. The average Bonchev–Trinajstić information content (AvgIpc) is 2.54. The van der Waals surface area contributed by atoms with Crippen LogP contribution in [0.2, 0.25) is 0 Å². The van der Waals surface area contributed by atoms with E-state index in [1.54, 1.807) is 0 Å². The van der Waals surface area contributed by atoms with Gasteiger partial charge in [-0.1, -0.05) is 13.8 Å². The first-order valence-corrected chi connectivity index (χ1v) is 5.55. The Morgan fingerprint density at radius 1 is 1.31 bits per heavy atom. The second-order valence-electron chi connectivity index (χ2n) is 4.48. The number of aliphatic imine (C=N–C) groups is 1. The minimum Gasteiger partial charge on any atom is -0.467 e. The Kier molecular flexibility index (Phi) is 4.15. The molecular weight excluding hydrogens is 206 g/mol. The van der Waals surface area contributed by atoms with E-state index in [0.29, 0.717) is 0 Å². The quantitative estimate of drug-likeness (QED) is 0.655. The molecule has 1 aliphatic rings. The van der Waals surface area contributed by atoms with Crippen molar-refractivity contribution in [3.8, 4) is 0 Å². The van der Waals surface area contributed by atoms with Crippen LogP contribution in [0.1, 0.15) is 13.8 Å².